The third kappa shape index (κ3) is 2.61. The van der Waals surface area contributed by atoms with Gasteiger partial charge in [-0.05, 0) is 23.5 Å². The highest BCUT2D eigenvalue weighted by Gasteiger charge is 2.24. The summed E-state index contributed by atoms with van der Waals surface area (Å²) in [5.74, 6) is -0.0636. The topological polar surface area (TPSA) is 66.6 Å². The number of hydrogen-bond acceptors (Lipinski definition) is 3. The summed E-state index contributed by atoms with van der Waals surface area (Å²) >= 11 is 0. The maximum atomic E-state index is 11.5. The first-order valence-corrected chi connectivity index (χ1v) is 6.77. The zero-order valence-electron chi connectivity index (χ0n) is 12.3. The molecule has 2 heterocycles. The number of aromatic nitrogens is 2. The molecular formula is C15H21N3O2. The fourth-order valence-corrected chi connectivity index (χ4v) is 1.84. The number of fused-ring (bicyclic) bond motifs is 1. The van der Waals surface area contributed by atoms with Gasteiger partial charge >= 0.3 is 5.97 Å². The molecule has 0 aliphatic heterocycles. The first kappa shape index (κ1) is 14.4. The molecule has 0 fully saturated rings. The molecule has 5 heteroatoms. The molecule has 0 spiro atoms. The molecule has 0 bridgehead atoms. The first-order chi connectivity index (χ1) is 9.33. The van der Waals surface area contributed by atoms with E-state index >= 15 is 0 Å². The molecule has 0 saturated heterocycles. The predicted octanol–water partition coefficient (Wildman–Crippen LogP) is 3.13. The summed E-state index contributed by atoms with van der Waals surface area (Å²) in [4.78, 5) is 15.8. The van der Waals surface area contributed by atoms with Crippen molar-refractivity contribution in [1.29, 1.82) is 0 Å². The van der Waals surface area contributed by atoms with Crippen molar-refractivity contribution in [3.8, 4) is 0 Å². The third-order valence-electron chi connectivity index (χ3n) is 4.01. The highest BCUT2D eigenvalue weighted by Crippen LogP contribution is 2.27. The predicted molar refractivity (Wildman–Crippen MR) is 79.3 cm³/mol. The minimum Gasteiger partial charge on any atom is -0.476 e. The Morgan fingerprint density at radius 3 is 2.75 bits per heavy atom. The van der Waals surface area contributed by atoms with Gasteiger partial charge in [0, 0.05) is 12.7 Å². The smallest absolute Gasteiger partial charge is 0.356 e. The summed E-state index contributed by atoms with van der Waals surface area (Å²) in [6.45, 7) is 9.30. The van der Waals surface area contributed by atoms with Crippen LogP contribution in [-0.2, 0) is 0 Å². The van der Waals surface area contributed by atoms with Crippen LogP contribution in [0.5, 0.6) is 0 Å². The van der Waals surface area contributed by atoms with E-state index in [9.17, 15) is 9.90 Å². The Morgan fingerprint density at radius 1 is 1.45 bits per heavy atom. The Morgan fingerprint density at radius 2 is 2.15 bits per heavy atom. The van der Waals surface area contributed by atoms with Gasteiger partial charge in [0.1, 0.15) is 5.65 Å². The second-order valence-corrected chi connectivity index (χ2v) is 6.04. The highest BCUT2D eigenvalue weighted by atomic mass is 16.4. The van der Waals surface area contributed by atoms with Crippen LogP contribution < -0.4 is 5.32 Å². The van der Waals surface area contributed by atoms with E-state index in [2.05, 4.69) is 38.0 Å². The number of pyridine rings is 1. The number of carbonyl (C=O) groups is 1. The van der Waals surface area contributed by atoms with Crippen molar-refractivity contribution < 1.29 is 9.90 Å². The average Bonchev–Trinajstić information content (AvgIpc) is 2.74. The second-order valence-electron chi connectivity index (χ2n) is 6.04. The molecule has 108 valence electrons. The fourth-order valence-electron chi connectivity index (χ4n) is 1.84. The van der Waals surface area contributed by atoms with Gasteiger partial charge in [-0.2, -0.15) is 0 Å². The van der Waals surface area contributed by atoms with Crippen LogP contribution in [0.2, 0.25) is 0 Å². The third-order valence-corrected chi connectivity index (χ3v) is 4.01. The van der Waals surface area contributed by atoms with Gasteiger partial charge in [-0.15, -0.1) is 0 Å². The van der Waals surface area contributed by atoms with Crippen molar-refractivity contribution in [3.05, 3.63) is 30.1 Å². The molecule has 2 N–H and O–H groups in total. The van der Waals surface area contributed by atoms with Crippen LogP contribution in [0, 0.1) is 11.3 Å². The van der Waals surface area contributed by atoms with E-state index in [1.54, 1.807) is 22.7 Å². The van der Waals surface area contributed by atoms with Gasteiger partial charge in [-0.25, -0.2) is 9.78 Å². The van der Waals surface area contributed by atoms with Crippen molar-refractivity contribution in [2.24, 2.45) is 11.3 Å². The summed E-state index contributed by atoms with van der Waals surface area (Å²) in [6.07, 6.45) is 1.71. The molecular weight excluding hydrogens is 254 g/mol. The Kier molecular flexibility index (Phi) is 3.70. The standard InChI is InChI=1S/C15H21N3O2/c1-10(2)15(3,4)9-16-13-12(14(19)20)18-8-6-5-7-11(18)17-13/h5-8,10,16H,9H2,1-4H3,(H,19,20). The molecule has 2 aromatic rings. The molecule has 0 aliphatic rings. The lowest BCUT2D eigenvalue weighted by atomic mass is 9.81. The Hall–Kier alpha value is -2.04. The Bertz CT molecular complexity index is 629. The van der Waals surface area contributed by atoms with Gasteiger partial charge in [0.2, 0.25) is 0 Å². The Labute approximate surface area is 118 Å². The Balaban J connectivity index is 2.35. The van der Waals surface area contributed by atoms with E-state index in [1.165, 1.54) is 0 Å². The van der Waals surface area contributed by atoms with E-state index in [0.29, 0.717) is 23.9 Å². The number of imidazole rings is 1. The second kappa shape index (κ2) is 5.15. The number of nitrogens with zero attached hydrogens (tertiary/aromatic N) is 2. The maximum Gasteiger partial charge on any atom is 0.356 e. The molecule has 0 aliphatic carbocycles. The molecule has 5 nitrogen and oxygen atoms in total. The van der Waals surface area contributed by atoms with E-state index in [0.717, 1.165) is 0 Å². The number of nitrogens with one attached hydrogen (secondary N) is 1. The monoisotopic (exact) mass is 275 g/mol. The molecule has 2 rings (SSSR count). The number of aromatic carboxylic acids is 1. The molecule has 0 radical (unpaired) electrons. The lowest BCUT2D eigenvalue weighted by Crippen LogP contribution is -2.29. The number of rotatable bonds is 5. The number of anilines is 1. The van der Waals surface area contributed by atoms with Crippen molar-refractivity contribution >= 4 is 17.4 Å². The van der Waals surface area contributed by atoms with E-state index in [4.69, 9.17) is 0 Å². The number of carboxylic acid groups (broad SMARTS) is 1. The average molecular weight is 275 g/mol. The van der Waals surface area contributed by atoms with Gasteiger partial charge in [0.05, 0.1) is 0 Å². The van der Waals surface area contributed by atoms with Crippen molar-refractivity contribution in [1.82, 2.24) is 9.38 Å². The number of hydrogen-bond donors (Lipinski definition) is 2. The zero-order valence-corrected chi connectivity index (χ0v) is 12.3. The van der Waals surface area contributed by atoms with Crippen molar-refractivity contribution in [2.45, 2.75) is 27.7 Å². The highest BCUT2D eigenvalue weighted by molar-refractivity contribution is 5.92. The largest absolute Gasteiger partial charge is 0.476 e. The molecule has 2 aromatic heterocycles. The van der Waals surface area contributed by atoms with Crippen LogP contribution in [0.25, 0.3) is 5.65 Å². The molecule has 0 aromatic carbocycles. The first-order valence-electron chi connectivity index (χ1n) is 6.77. The summed E-state index contributed by atoms with van der Waals surface area (Å²) in [6, 6.07) is 5.43. The van der Waals surface area contributed by atoms with Crippen LogP contribution >= 0.6 is 0 Å². The molecule has 0 unspecified atom stereocenters. The number of carboxylic acids is 1. The van der Waals surface area contributed by atoms with Gasteiger partial charge in [-0.1, -0.05) is 33.8 Å². The van der Waals surface area contributed by atoms with Crippen LogP contribution in [0.1, 0.15) is 38.2 Å². The van der Waals surface area contributed by atoms with Crippen LogP contribution in [0.15, 0.2) is 24.4 Å². The molecule has 20 heavy (non-hydrogen) atoms. The lowest BCUT2D eigenvalue weighted by molar-refractivity contribution is 0.0690. The molecule has 0 amide bonds. The quantitative estimate of drug-likeness (QED) is 0.879. The summed E-state index contributed by atoms with van der Waals surface area (Å²) in [5.41, 5.74) is 0.876. The SMILES string of the molecule is CC(C)C(C)(C)CNc1nc2ccccn2c1C(=O)O. The van der Waals surface area contributed by atoms with Gasteiger partial charge < -0.3 is 10.4 Å². The minimum atomic E-state index is -0.978. The lowest BCUT2D eigenvalue weighted by Gasteiger charge is -2.29. The van der Waals surface area contributed by atoms with E-state index in [-0.39, 0.29) is 11.1 Å². The van der Waals surface area contributed by atoms with Crippen LogP contribution in [-0.4, -0.2) is 27.0 Å². The van der Waals surface area contributed by atoms with Crippen LogP contribution in [0.3, 0.4) is 0 Å². The van der Waals surface area contributed by atoms with Crippen molar-refractivity contribution in [2.75, 3.05) is 11.9 Å². The fraction of sp³-hybridized carbons (Fsp3) is 0.467. The minimum absolute atomic E-state index is 0.0611. The van der Waals surface area contributed by atoms with Crippen molar-refractivity contribution in [3.63, 3.8) is 0 Å². The van der Waals surface area contributed by atoms with E-state index in [1.807, 2.05) is 6.07 Å². The molecule has 0 saturated carbocycles. The van der Waals surface area contributed by atoms with Gasteiger partial charge in [0.15, 0.2) is 11.5 Å². The normalized spacial score (nSPS) is 12.1. The summed E-state index contributed by atoms with van der Waals surface area (Å²) in [5, 5.41) is 12.6. The van der Waals surface area contributed by atoms with Gasteiger partial charge in [-0.3, -0.25) is 4.40 Å². The molecule has 0 atom stereocenters. The summed E-state index contributed by atoms with van der Waals surface area (Å²) < 4.78 is 1.59. The maximum absolute atomic E-state index is 11.5. The van der Waals surface area contributed by atoms with Crippen LogP contribution in [0.4, 0.5) is 5.82 Å². The summed E-state index contributed by atoms with van der Waals surface area (Å²) in [7, 11) is 0. The van der Waals surface area contributed by atoms with Gasteiger partial charge in [0.25, 0.3) is 0 Å². The van der Waals surface area contributed by atoms with E-state index < -0.39 is 5.97 Å². The zero-order chi connectivity index (χ0) is 14.9.